The van der Waals surface area contributed by atoms with Crippen LogP contribution >= 0.6 is 0 Å². The van der Waals surface area contributed by atoms with Crippen LogP contribution in [0.2, 0.25) is 0 Å². The molecule has 9 heteroatoms. The molecule has 39 heavy (non-hydrogen) atoms. The molecule has 9 nitrogen and oxygen atoms in total. The Balaban J connectivity index is 1.82. The second kappa shape index (κ2) is 12.3. The number of nitrogens with zero attached hydrogens (tertiary/aromatic N) is 1. The lowest BCUT2D eigenvalue weighted by Gasteiger charge is -2.36. The van der Waals surface area contributed by atoms with Gasteiger partial charge in [0, 0.05) is 36.4 Å². The third-order valence-corrected chi connectivity index (χ3v) is 7.31. The Hall–Kier alpha value is -3.85. The predicted molar refractivity (Wildman–Crippen MR) is 145 cm³/mol. The number of hydrogen-bond donors (Lipinski definition) is 0. The molecular weight excluding hydrogens is 502 g/mol. The largest absolute Gasteiger partial charge is 0.497 e. The lowest BCUT2D eigenvalue weighted by Crippen LogP contribution is -2.38. The first kappa shape index (κ1) is 28.2. The number of carbonyl (C=O) groups is 2. The van der Waals surface area contributed by atoms with Gasteiger partial charge in [-0.15, -0.1) is 0 Å². The van der Waals surface area contributed by atoms with Gasteiger partial charge in [-0.25, -0.2) is 0 Å². The van der Waals surface area contributed by atoms with Crippen molar-refractivity contribution in [2.45, 2.75) is 31.6 Å². The molecular formula is C30H35NO8. The summed E-state index contributed by atoms with van der Waals surface area (Å²) in [6.07, 6.45) is 0.864. The molecule has 2 aromatic rings. The van der Waals surface area contributed by atoms with Crippen LogP contribution in [0.4, 0.5) is 0 Å². The van der Waals surface area contributed by atoms with Gasteiger partial charge in [-0.2, -0.15) is 0 Å². The number of ketones is 1. The van der Waals surface area contributed by atoms with E-state index in [9.17, 15) is 9.59 Å². The Morgan fingerprint density at radius 2 is 1.54 bits per heavy atom. The van der Waals surface area contributed by atoms with Crippen LogP contribution in [0, 0.1) is 5.92 Å². The molecule has 1 unspecified atom stereocenters. The maximum Gasteiger partial charge on any atom is 0.315 e. The Bertz CT molecular complexity index is 1260. The molecule has 2 aromatic carbocycles. The van der Waals surface area contributed by atoms with Gasteiger partial charge >= 0.3 is 5.97 Å². The summed E-state index contributed by atoms with van der Waals surface area (Å²) in [5, 5.41) is 0. The molecule has 2 aliphatic rings. The molecule has 1 aliphatic carbocycles. The lowest BCUT2D eigenvalue weighted by molar-refractivity contribution is -0.147. The normalized spacial score (nSPS) is 20.6. The molecule has 0 spiro atoms. The fraction of sp³-hybridized carbons (Fsp3) is 0.433. The van der Waals surface area contributed by atoms with E-state index in [4.69, 9.17) is 33.4 Å². The van der Waals surface area contributed by atoms with Crippen LogP contribution in [-0.2, 0) is 19.1 Å². The van der Waals surface area contributed by atoms with Crippen molar-refractivity contribution in [3.63, 3.8) is 0 Å². The number of ether oxygens (including phenoxy) is 6. The van der Waals surface area contributed by atoms with Crippen molar-refractivity contribution in [2.24, 2.45) is 10.9 Å². The maximum atomic E-state index is 13.9. The molecule has 1 aliphatic heterocycles. The van der Waals surface area contributed by atoms with Gasteiger partial charge in [0.25, 0.3) is 0 Å². The monoisotopic (exact) mass is 537 g/mol. The van der Waals surface area contributed by atoms with Gasteiger partial charge in [0.15, 0.2) is 17.3 Å². The number of methoxy groups -OCH3 is 5. The van der Waals surface area contributed by atoms with Crippen molar-refractivity contribution in [3.05, 3.63) is 58.8 Å². The number of benzene rings is 2. The van der Waals surface area contributed by atoms with Crippen LogP contribution in [0.1, 0.15) is 42.7 Å². The van der Waals surface area contributed by atoms with Gasteiger partial charge in [-0.05, 0) is 54.7 Å². The summed E-state index contributed by atoms with van der Waals surface area (Å²) in [4.78, 5) is 32.1. The van der Waals surface area contributed by atoms with E-state index in [0.717, 1.165) is 11.3 Å². The highest BCUT2D eigenvalue weighted by Crippen LogP contribution is 2.49. The van der Waals surface area contributed by atoms with Crippen LogP contribution in [0.15, 0.2) is 52.7 Å². The van der Waals surface area contributed by atoms with E-state index in [0.29, 0.717) is 52.6 Å². The second-order valence-corrected chi connectivity index (χ2v) is 9.49. The quantitative estimate of drug-likeness (QED) is 0.323. The average molecular weight is 538 g/mol. The number of allylic oxidation sites excluding steroid dienone is 2. The maximum absolute atomic E-state index is 13.9. The fourth-order valence-electron chi connectivity index (χ4n) is 5.43. The first-order valence-electron chi connectivity index (χ1n) is 12.8. The van der Waals surface area contributed by atoms with Crippen LogP contribution in [-0.4, -0.2) is 66.2 Å². The first-order valence-corrected chi connectivity index (χ1v) is 12.8. The van der Waals surface area contributed by atoms with Crippen molar-refractivity contribution in [1.29, 1.82) is 0 Å². The molecule has 0 aromatic heterocycles. The van der Waals surface area contributed by atoms with Gasteiger partial charge < -0.3 is 28.4 Å². The molecule has 1 heterocycles. The highest BCUT2D eigenvalue weighted by molar-refractivity contribution is 6.09. The van der Waals surface area contributed by atoms with E-state index >= 15 is 0 Å². The van der Waals surface area contributed by atoms with Crippen molar-refractivity contribution < 1.29 is 38.0 Å². The summed E-state index contributed by atoms with van der Waals surface area (Å²) in [6.45, 7) is 2.17. The number of Topliss-reactive ketones (excluding diaryl/α,β-unsaturated/α-hetero) is 1. The van der Waals surface area contributed by atoms with E-state index in [-0.39, 0.29) is 24.9 Å². The number of rotatable bonds is 10. The summed E-state index contributed by atoms with van der Waals surface area (Å²) < 4.78 is 32.6. The van der Waals surface area contributed by atoms with Gasteiger partial charge in [-0.1, -0.05) is 12.1 Å². The smallest absolute Gasteiger partial charge is 0.315 e. The fourth-order valence-corrected chi connectivity index (χ4v) is 5.43. The molecule has 0 saturated heterocycles. The highest BCUT2D eigenvalue weighted by atomic mass is 16.6. The van der Waals surface area contributed by atoms with Gasteiger partial charge in [0.05, 0.1) is 35.0 Å². The number of esters is 1. The first-order chi connectivity index (χ1) is 18.9. The zero-order chi connectivity index (χ0) is 28.1. The molecule has 3 atom stereocenters. The molecule has 0 N–H and O–H groups in total. The molecule has 4 rings (SSSR count). The summed E-state index contributed by atoms with van der Waals surface area (Å²) in [6, 6.07) is 11.3. The minimum Gasteiger partial charge on any atom is -0.497 e. The van der Waals surface area contributed by atoms with Gasteiger partial charge in [0.1, 0.15) is 18.3 Å². The third kappa shape index (κ3) is 5.63. The molecule has 0 radical (unpaired) electrons. The summed E-state index contributed by atoms with van der Waals surface area (Å²) in [5.74, 6) is 0.0444. The van der Waals surface area contributed by atoms with E-state index < -0.39 is 17.8 Å². The van der Waals surface area contributed by atoms with Crippen molar-refractivity contribution in [1.82, 2.24) is 0 Å². The standard InChI is InChI=1S/C30H35NO8/c1-17-26(30(33)39-12-11-34-2)27(20-15-24(36-4)29(38-6)25(16-20)37-5)28-22(31-17)13-19(14-23(28)32)18-7-9-21(35-3)10-8-18/h7-10,15-16,19,26-27H,11-14H2,1-6H3/t19-,26?,27-/m1/s1. The number of hydrogen-bond acceptors (Lipinski definition) is 9. The van der Waals surface area contributed by atoms with E-state index in [1.807, 2.05) is 24.3 Å². The zero-order valence-corrected chi connectivity index (χ0v) is 23.2. The van der Waals surface area contributed by atoms with Crippen LogP contribution in [0.3, 0.4) is 0 Å². The third-order valence-electron chi connectivity index (χ3n) is 7.31. The minimum absolute atomic E-state index is 0.0375. The van der Waals surface area contributed by atoms with Crippen LogP contribution in [0.25, 0.3) is 0 Å². The van der Waals surface area contributed by atoms with Crippen LogP contribution < -0.4 is 18.9 Å². The topological polar surface area (TPSA) is 102 Å². The van der Waals surface area contributed by atoms with Crippen molar-refractivity contribution in [3.8, 4) is 23.0 Å². The molecule has 0 amide bonds. The predicted octanol–water partition coefficient (Wildman–Crippen LogP) is 4.49. The van der Waals surface area contributed by atoms with Gasteiger partial charge in [0.2, 0.25) is 5.75 Å². The second-order valence-electron chi connectivity index (χ2n) is 9.49. The lowest BCUT2D eigenvalue weighted by atomic mass is 9.69. The van der Waals surface area contributed by atoms with E-state index in [1.165, 1.54) is 28.4 Å². The summed E-state index contributed by atoms with van der Waals surface area (Å²) >= 11 is 0. The number of aliphatic imine (C=N–C) groups is 1. The summed E-state index contributed by atoms with van der Waals surface area (Å²) in [7, 11) is 7.74. The Morgan fingerprint density at radius 1 is 0.872 bits per heavy atom. The van der Waals surface area contributed by atoms with Crippen molar-refractivity contribution >= 4 is 17.5 Å². The molecule has 208 valence electrons. The van der Waals surface area contributed by atoms with Crippen molar-refractivity contribution in [2.75, 3.05) is 48.8 Å². The molecule has 0 fully saturated rings. The Labute approximate surface area is 228 Å². The van der Waals surface area contributed by atoms with E-state index in [2.05, 4.69) is 0 Å². The molecule has 0 saturated carbocycles. The molecule has 0 bridgehead atoms. The SMILES string of the molecule is COCCOC(=O)C1C(C)=NC2=C(C(=O)C[C@H](c3ccc(OC)cc3)C2)[C@@H]1c1cc(OC)c(OC)c(OC)c1. The minimum atomic E-state index is -0.801. The van der Waals surface area contributed by atoms with E-state index in [1.54, 1.807) is 26.2 Å². The van der Waals surface area contributed by atoms with Crippen LogP contribution in [0.5, 0.6) is 23.0 Å². The zero-order valence-electron chi connectivity index (χ0n) is 23.2. The highest BCUT2D eigenvalue weighted by Gasteiger charge is 2.45. The Morgan fingerprint density at radius 3 is 2.10 bits per heavy atom. The summed E-state index contributed by atoms with van der Waals surface area (Å²) in [5.41, 5.74) is 3.50. The Kier molecular flexibility index (Phi) is 8.91. The van der Waals surface area contributed by atoms with Gasteiger partial charge in [-0.3, -0.25) is 14.6 Å². The number of carbonyl (C=O) groups excluding carboxylic acids is 2. The average Bonchev–Trinajstić information content (AvgIpc) is 2.95.